The Morgan fingerprint density at radius 1 is 1.37 bits per heavy atom. The molecule has 0 aliphatic rings. The van der Waals surface area contributed by atoms with Gasteiger partial charge in [-0.25, -0.2) is 15.8 Å². The number of hydrogen-bond acceptors (Lipinski definition) is 6. The Bertz CT molecular complexity index is 446. The van der Waals surface area contributed by atoms with E-state index in [1.807, 2.05) is 13.8 Å². The van der Waals surface area contributed by atoms with E-state index in [9.17, 15) is 4.79 Å². The lowest BCUT2D eigenvalue weighted by Crippen LogP contribution is -2.36. The lowest BCUT2D eigenvalue weighted by atomic mass is 9.99. The fourth-order valence-corrected chi connectivity index (χ4v) is 1.93. The summed E-state index contributed by atoms with van der Waals surface area (Å²) in [5.41, 5.74) is 8.24. The minimum atomic E-state index is -0.478. The fourth-order valence-electron chi connectivity index (χ4n) is 1.93. The minimum absolute atomic E-state index is 0.216. The second kappa shape index (κ2) is 6.33. The summed E-state index contributed by atoms with van der Waals surface area (Å²) in [5.74, 6) is 6.36. The molecule has 7 heteroatoms. The van der Waals surface area contributed by atoms with Crippen molar-refractivity contribution >= 4 is 17.5 Å². The van der Waals surface area contributed by atoms with Crippen molar-refractivity contribution in [1.29, 1.82) is 0 Å². The number of rotatable bonds is 7. The number of nitrogen functional groups attached to an aromatic ring is 1. The van der Waals surface area contributed by atoms with Crippen LogP contribution in [0.3, 0.4) is 0 Å². The topological polar surface area (TPSA) is 119 Å². The van der Waals surface area contributed by atoms with Crippen molar-refractivity contribution in [3.63, 3.8) is 0 Å². The third kappa shape index (κ3) is 4.36. The molecule has 1 amide bonds. The van der Waals surface area contributed by atoms with Crippen molar-refractivity contribution in [1.82, 2.24) is 9.97 Å². The largest absolute Gasteiger partial charge is 0.370 e. The van der Waals surface area contributed by atoms with Crippen molar-refractivity contribution in [2.45, 2.75) is 45.6 Å². The summed E-state index contributed by atoms with van der Waals surface area (Å²) in [5, 5.41) is 3.23. The number of hydrazine groups is 1. The first-order chi connectivity index (χ1) is 8.89. The molecule has 0 spiro atoms. The highest BCUT2D eigenvalue weighted by Crippen LogP contribution is 2.24. The van der Waals surface area contributed by atoms with Crippen LogP contribution in [0.15, 0.2) is 6.33 Å². The molecule has 0 unspecified atom stereocenters. The zero-order valence-electron chi connectivity index (χ0n) is 11.7. The molecule has 0 aromatic carbocycles. The molecule has 0 aliphatic heterocycles. The molecule has 106 valence electrons. The Morgan fingerprint density at radius 3 is 2.53 bits per heavy atom. The summed E-state index contributed by atoms with van der Waals surface area (Å²) >= 11 is 0. The second-order valence-electron chi connectivity index (χ2n) is 5.10. The van der Waals surface area contributed by atoms with Crippen LogP contribution in [0.2, 0.25) is 0 Å². The molecule has 0 saturated heterocycles. The molecule has 6 N–H and O–H groups in total. The molecule has 1 aromatic rings. The Labute approximate surface area is 113 Å². The van der Waals surface area contributed by atoms with Crippen LogP contribution in [0.4, 0.5) is 11.6 Å². The lowest BCUT2D eigenvalue weighted by Gasteiger charge is -2.27. The summed E-state index contributed by atoms with van der Waals surface area (Å²) in [6, 6.07) is 0. The highest BCUT2D eigenvalue weighted by molar-refractivity contribution is 5.75. The first-order valence-corrected chi connectivity index (χ1v) is 6.26. The van der Waals surface area contributed by atoms with Crippen LogP contribution in [0.25, 0.3) is 0 Å². The average molecular weight is 266 g/mol. The first kappa shape index (κ1) is 15.2. The molecule has 0 bridgehead atoms. The molecule has 0 atom stereocenters. The predicted molar refractivity (Wildman–Crippen MR) is 75.4 cm³/mol. The van der Waals surface area contributed by atoms with Gasteiger partial charge in [0.2, 0.25) is 5.91 Å². The SMILES string of the molecule is CCCc1c(NN)ncnc1NC(C)(C)CC(N)=O. The van der Waals surface area contributed by atoms with Gasteiger partial charge >= 0.3 is 0 Å². The molecular weight excluding hydrogens is 244 g/mol. The number of carbonyl (C=O) groups excluding carboxylic acids is 1. The van der Waals surface area contributed by atoms with Gasteiger partial charge in [-0.2, -0.15) is 0 Å². The van der Waals surface area contributed by atoms with Gasteiger partial charge in [0.05, 0.1) is 0 Å². The van der Waals surface area contributed by atoms with Gasteiger partial charge in [0.1, 0.15) is 18.0 Å². The number of nitrogens with zero attached hydrogens (tertiary/aromatic N) is 2. The summed E-state index contributed by atoms with van der Waals surface area (Å²) in [4.78, 5) is 19.4. The molecule has 0 saturated carbocycles. The van der Waals surface area contributed by atoms with E-state index >= 15 is 0 Å². The number of nitrogens with one attached hydrogen (secondary N) is 2. The van der Waals surface area contributed by atoms with Gasteiger partial charge in [0.15, 0.2) is 0 Å². The smallest absolute Gasteiger partial charge is 0.219 e. The van der Waals surface area contributed by atoms with Crippen molar-refractivity contribution < 1.29 is 4.79 Å². The summed E-state index contributed by atoms with van der Waals surface area (Å²) < 4.78 is 0. The number of amides is 1. The zero-order chi connectivity index (χ0) is 14.5. The number of anilines is 2. The van der Waals surface area contributed by atoms with Crippen LogP contribution in [-0.2, 0) is 11.2 Å². The molecule has 0 aliphatic carbocycles. The van der Waals surface area contributed by atoms with Gasteiger partial charge in [-0.3, -0.25) is 4.79 Å². The van der Waals surface area contributed by atoms with E-state index in [4.69, 9.17) is 11.6 Å². The van der Waals surface area contributed by atoms with Crippen LogP contribution < -0.4 is 22.3 Å². The third-order valence-corrected chi connectivity index (χ3v) is 2.66. The summed E-state index contributed by atoms with van der Waals surface area (Å²) in [6.07, 6.45) is 3.37. The predicted octanol–water partition coefficient (Wildman–Crippen LogP) is 0.781. The maximum Gasteiger partial charge on any atom is 0.219 e. The van der Waals surface area contributed by atoms with Crippen LogP contribution in [-0.4, -0.2) is 21.4 Å². The highest BCUT2D eigenvalue weighted by atomic mass is 16.1. The normalized spacial score (nSPS) is 11.2. The fraction of sp³-hybridized carbons (Fsp3) is 0.583. The summed E-state index contributed by atoms with van der Waals surface area (Å²) in [7, 11) is 0. The maximum atomic E-state index is 11.1. The molecule has 7 nitrogen and oxygen atoms in total. The molecule has 0 radical (unpaired) electrons. The number of nitrogens with two attached hydrogens (primary N) is 2. The van der Waals surface area contributed by atoms with Crippen LogP contribution in [0.5, 0.6) is 0 Å². The Morgan fingerprint density at radius 2 is 2.00 bits per heavy atom. The van der Waals surface area contributed by atoms with E-state index < -0.39 is 5.54 Å². The Balaban J connectivity index is 3.02. The van der Waals surface area contributed by atoms with Gasteiger partial charge in [-0.15, -0.1) is 0 Å². The van der Waals surface area contributed by atoms with Crippen LogP contribution >= 0.6 is 0 Å². The van der Waals surface area contributed by atoms with Crippen molar-refractivity contribution in [3.05, 3.63) is 11.9 Å². The van der Waals surface area contributed by atoms with Crippen molar-refractivity contribution in [3.8, 4) is 0 Å². The zero-order valence-corrected chi connectivity index (χ0v) is 11.7. The molecule has 19 heavy (non-hydrogen) atoms. The number of primary amides is 1. The van der Waals surface area contributed by atoms with E-state index in [2.05, 4.69) is 27.6 Å². The standard InChI is InChI=1S/C12H22N6O/c1-4-5-8-10(15-7-16-11(8)18-14)17-12(2,3)6-9(13)19/h7H,4-6,14H2,1-3H3,(H2,13,19)(H2,15,16,17,18). The number of hydrogen-bond donors (Lipinski definition) is 4. The van der Waals surface area contributed by atoms with E-state index in [1.54, 1.807) is 0 Å². The van der Waals surface area contributed by atoms with Gasteiger partial charge in [-0.1, -0.05) is 13.3 Å². The first-order valence-electron chi connectivity index (χ1n) is 6.26. The third-order valence-electron chi connectivity index (χ3n) is 2.66. The number of carbonyl (C=O) groups is 1. The Kier molecular flexibility index (Phi) is 5.05. The van der Waals surface area contributed by atoms with E-state index in [1.165, 1.54) is 6.33 Å². The lowest BCUT2D eigenvalue weighted by molar-refractivity contribution is -0.118. The van der Waals surface area contributed by atoms with Crippen LogP contribution in [0, 0.1) is 0 Å². The molecular formula is C12H22N6O. The van der Waals surface area contributed by atoms with Crippen LogP contribution in [0.1, 0.15) is 39.2 Å². The summed E-state index contributed by atoms with van der Waals surface area (Å²) in [6.45, 7) is 5.85. The van der Waals surface area contributed by atoms with Gasteiger partial charge in [0.25, 0.3) is 0 Å². The monoisotopic (exact) mass is 266 g/mol. The highest BCUT2D eigenvalue weighted by Gasteiger charge is 2.23. The quantitative estimate of drug-likeness (QED) is 0.428. The van der Waals surface area contributed by atoms with Gasteiger partial charge in [-0.05, 0) is 20.3 Å². The second-order valence-corrected chi connectivity index (χ2v) is 5.10. The molecule has 0 fully saturated rings. The maximum absolute atomic E-state index is 11.1. The van der Waals surface area contributed by atoms with Gasteiger partial charge < -0.3 is 16.5 Å². The molecule has 1 rings (SSSR count). The van der Waals surface area contributed by atoms with E-state index in [0.717, 1.165) is 18.4 Å². The molecule has 1 aromatic heterocycles. The minimum Gasteiger partial charge on any atom is -0.370 e. The van der Waals surface area contributed by atoms with Gasteiger partial charge in [0, 0.05) is 17.5 Å². The average Bonchev–Trinajstić information content (AvgIpc) is 2.29. The van der Waals surface area contributed by atoms with E-state index in [-0.39, 0.29) is 12.3 Å². The van der Waals surface area contributed by atoms with E-state index in [0.29, 0.717) is 11.6 Å². The Hall–Kier alpha value is -1.89. The van der Waals surface area contributed by atoms with Crippen molar-refractivity contribution in [2.75, 3.05) is 10.7 Å². The van der Waals surface area contributed by atoms with Crippen molar-refractivity contribution in [2.24, 2.45) is 11.6 Å². The number of aromatic nitrogens is 2. The molecule has 1 heterocycles.